The van der Waals surface area contributed by atoms with Gasteiger partial charge in [-0.2, -0.15) is 0 Å². The van der Waals surface area contributed by atoms with Crippen molar-refractivity contribution < 1.29 is 19.8 Å². The maximum atomic E-state index is 9.82. The van der Waals surface area contributed by atoms with Crippen LogP contribution in [0.3, 0.4) is 0 Å². The van der Waals surface area contributed by atoms with Crippen molar-refractivity contribution in [2.24, 2.45) is 5.73 Å². The van der Waals surface area contributed by atoms with Gasteiger partial charge in [0.05, 0.1) is 0 Å². The summed E-state index contributed by atoms with van der Waals surface area (Å²) in [6.45, 7) is 4.07. The highest BCUT2D eigenvalue weighted by Crippen LogP contribution is 1.78. The topological polar surface area (TPSA) is 101 Å². The van der Waals surface area contributed by atoms with Crippen molar-refractivity contribution in [1.82, 2.24) is 0 Å². The van der Waals surface area contributed by atoms with Crippen molar-refractivity contribution in [2.45, 2.75) is 6.92 Å². The molecule has 0 aromatic rings. The molecule has 0 fully saturated rings. The number of rotatable bonds is 2. The maximum absolute atomic E-state index is 9.82. The zero-order chi connectivity index (χ0) is 9.44. The molecule has 5 heteroatoms. The number of amides is 1. The number of carboxylic acid groups (broad SMARTS) is 1. The fraction of sp³-hybridized carbons (Fsp3) is 0.333. The molecular weight excluding hydrogens is 150 g/mol. The van der Waals surface area contributed by atoms with E-state index in [0.717, 1.165) is 0 Å². The molecule has 11 heavy (non-hydrogen) atoms. The van der Waals surface area contributed by atoms with Gasteiger partial charge in [-0.3, -0.25) is 4.79 Å². The van der Waals surface area contributed by atoms with Crippen LogP contribution in [0.2, 0.25) is 0 Å². The molecular formula is C6H11NO4. The Hall–Kier alpha value is -1.36. The van der Waals surface area contributed by atoms with Gasteiger partial charge in [-0.25, -0.2) is 4.79 Å². The standard InChI is InChI=1S/C4H7NO.C2H4O3/c1-3(2)4(5)6;3-1-2(4)5/h1H2,2H3,(H2,5,6);3H,1H2,(H,4,5). The first-order valence-corrected chi connectivity index (χ1v) is 2.69. The summed E-state index contributed by atoms with van der Waals surface area (Å²) in [5, 5.41) is 15.0. The van der Waals surface area contributed by atoms with Crippen LogP contribution in [0.15, 0.2) is 12.2 Å². The summed E-state index contributed by atoms with van der Waals surface area (Å²) in [7, 11) is 0. The van der Waals surface area contributed by atoms with Crippen molar-refractivity contribution in [2.75, 3.05) is 6.61 Å². The van der Waals surface area contributed by atoms with Crippen LogP contribution in [-0.2, 0) is 9.59 Å². The van der Waals surface area contributed by atoms with Crippen LogP contribution < -0.4 is 5.73 Å². The van der Waals surface area contributed by atoms with E-state index in [1.807, 2.05) is 0 Å². The number of hydrogen-bond donors (Lipinski definition) is 3. The highest BCUT2D eigenvalue weighted by Gasteiger charge is 1.86. The molecule has 0 spiro atoms. The van der Waals surface area contributed by atoms with Crippen molar-refractivity contribution >= 4 is 11.9 Å². The third-order valence-corrected chi connectivity index (χ3v) is 0.556. The molecule has 0 aromatic carbocycles. The Morgan fingerprint density at radius 1 is 1.55 bits per heavy atom. The first-order chi connectivity index (χ1) is 4.91. The van der Waals surface area contributed by atoms with E-state index in [2.05, 4.69) is 6.58 Å². The third-order valence-electron chi connectivity index (χ3n) is 0.556. The summed E-state index contributed by atoms with van der Waals surface area (Å²) < 4.78 is 0. The van der Waals surface area contributed by atoms with Gasteiger partial charge in [0.15, 0.2) is 0 Å². The number of primary amides is 1. The molecule has 0 saturated carbocycles. The summed E-state index contributed by atoms with van der Waals surface area (Å²) in [4.78, 5) is 18.9. The average molecular weight is 161 g/mol. The summed E-state index contributed by atoms with van der Waals surface area (Å²) >= 11 is 0. The van der Waals surface area contributed by atoms with Gasteiger partial charge in [-0.1, -0.05) is 6.58 Å². The Labute approximate surface area is 64.1 Å². The zero-order valence-corrected chi connectivity index (χ0v) is 6.20. The van der Waals surface area contributed by atoms with E-state index >= 15 is 0 Å². The molecule has 5 nitrogen and oxygen atoms in total. The Balaban J connectivity index is 0. The van der Waals surface area contributed by atoms with Gasteiger partial charge >= 0.3 is 5.97 Å². The minimum Gasteiger partial charge on any atom is -0.480 e. The predicted octanol–water partition coefficient (Wildman–Crippen LogP) is -0.889. The Kier molecular flexibility index (Phi) is 7.57. The van der Waals surface area contributed by atoms with Gasteiger partial charge in [0.25, 0.3) is 0 Å². The van der Waals surface area contributed by atoms with Crippen LogP contribution in [-0.4, -0.2) is 28.7 Å². The molecule has 0 rings (SSSR count). The molecule has 0 radical (unpaired) electrons. The van der Waals surface area contributed by atoms with Crippen LogP contribution in [0.1, 0.15) is 6.92 Å². The van der Waals surface area contributed by atoms with Crippen molar-refractivity contribution in [3.63, 3.8) is 0 Å². The number of hydrogen-bond acceptors (Lipinski definition) is 3. The normalized spacial score (nSPS) is 7.45. The van der Waals surface area contributed by atoms with E-state index in [1.54, 1.807) is 6.92 Å². The molecule has 0 heterocycles. The van der Waals surface area contributed by atoms with Crippen LogP contribution in [0.5, 0.6) is 0 Å². The lowest BCUT2D eigenvalue weighted by Crippen LogP contribution is -2.10. The second-order valence-corrected chi connectivity index (χ2v) is 1.70. The molecule has 0 bridgehead atoms. The summed E-state index contributed by atoms with van der Waals surface area (Å²) in [6, 6.07) is 0. The van der Waals surface area contributed by atoms with E-state index in [1.165, 1.54) is 0 Å². The van der Waals surface area contributed by atoms with Gasteiger partial charge in [0.2, 0.25) is 5.91 Å². The summed E-state index contributed by atoms with van der Waals surface area (Å²) in [5.41, 5.74) is 5.09. The quantitative estimate of drug-likeness (QED) is 0.457. The first-order valence-electron chi connectivity index (χ1n) is 2.69. The number of aliphatic hydroxyl groups excluding tert-OH is 1. The summed E-state index contributed by atoms with van der Waals surface area (Å²) in [6.07, 6.45) is 0. The average Bonchev–Trinajstić information content (AvgIpc) is 1.89. The van der Waals surface area contributed by atoms with E-state index in [-0.39, 0.29) is 0 Å². The van der Waals surface area contributed by atoms with Gasteiger partial charge in [0.1, 0.15) is 6.61 Å². The third kappa shape index (κ3) is 17.7. The number of carbonyl (C=O) groups is 2. The lowest BCUT2D eigenvalue weighted by molar-refractivity contribution is -0.140. The lowest BCUT2D eigenvalue weighted by atomic mass is 10.3. The predicted molar refractivity (Wildman–Crippen MR) is 38.7 cm³/mol. The van der Waals surface area contributed by atoms with Crippen molar-refractivity contribution in [1.29, 1.82) is 0 Å². The number of carboxylic acids is 1. The second kappa shape index (κ2) is 6.76. The fourth-order valence-electron chi connectivity index (χ4n) is 0. The lowest BCUT2D eigenvalue weighted by Gasteiger charge is -1.81. The molecule has 0 aliphatic rings. The molecule has 0 aliphatic heterocycles. The Morgan fingerprint density at radius 2 is 1.73 bits per heavy atom. The van der Waals surface area contributed by atoms with Crippen molar-refractivity contribution in [3.8, 4) is 0 Å². The Morgan fingerprint density at radius 3 is 1.73 bits per heavy atom. The highest BCUT2D eigenvalue weighted by atomic mass is 16.4. The maximum Gasteiger partial charge on any atom is 0.329 e. The molecule has 1 amide bonds. The van der Waals surface area contributed by atoms with Crippen molar-refractivity contribution in [3.05, 3.63) is 12.2 Å². The van der Waals surface area contributed by atoms with Crippen LogP contribution in [0.4, 0.5) is 0 Å². The number of carbonyl (C=O) groups excluding carboxylic acids is 1. The molecule has 0 unspecified atom stereocenters. The number of aliphatic carboxylic acids is 1. The van der Waals surface area contributed by atoms with Gasteiger partial charge in [-0.05, 0) is 6.92 Å². The molecule has 64 valence electrons. The van der Waals surface area contributed by atoms with Gasteiger partial charge < -0.3 is 15.9 Å². The van der Waals surface area contributed by atoms with Crippen LogP contribution in [0.25, 0.3) is 0 Å². The number of aliphatic hydroxyl groups is 1. The summed E-state index contributed by atoms with van der Waals surface area (Å²) in [5.74, 6) is -1.62. The van der Waals surface area contributed by atoms with E-state index in [0.29, 0.717) is 5.57 Å². The van der Waals surface area contributed by atoms with Crippen LogP contribution in [0, 0.1) is 0 Å². The fourth-order valence-corrected chi connectivity index (χ4v) is 0. The van der Waals surface area contributed by atoms with E-state index in [4.69, 9.17) is 20.7 Å². The monoisotopic (exact) mass is 161 g/mol. The Bertz CT molecular complexity index is 152. The van der Waals surface area contributed by atoms with E-state index in [9.17, 15) is 4.79 Å². The highest BCUT2D eigenvalue weighted by molar-refractivity contribution is 5.90. The molecule has 0 saturated heterocycles. The molecule has 0 atom stereocenters. The largest absolute Gasteiger partial charge is 0.480 e. The van der Waals surface area contributed by atoms with E-state index < -0.39 is 18.5 Å². The second-order valence-electron chi connectivity index (χ2n) is 1.70. The van der Waals surface area contributed by atoms with Crippen LogP contribution >= 0.6 is 0 Å². The smallest absolute Gasteiger partial charge is 0.329 e. The molecule has 4 N–H and O–H groups in total. The minimum absolute atomic E-state index is 0.398. The number of nitrogens with two attached hydrogens (primary N) is 1. The first kappa shape index (κ1) is 12.3. The zero-order valence-electron chi connectivity index (χ0n) is 6.20. The molecule has 0 aromatic heterocycles. The van der Waals surface area contributed by atoms with Gasteiger partial charge in [0, 0.05) is 5.57 Å². The molecule has 0 aliphatic carbocycles. The minimum atomic E-state index is -1.19. The van der Waals surface area contributed by atoms with Gasteiger partial charge in [-0.15, -0.1) is 0 Å². The SMILES string of the molecule is C=C(C)C(N)=O.O=C(O)CO.